The number of anilines is 1. The molecule has 0 saturated carbocycles. The molecule has 0 aliphatic carbocycles. The Hall–Kier alpha value is -2.40. The third kappa shape index (κ3) is 5.18. The van der Waals surface area contributed by atoms with Crippen molar-refractivity contribution in [2.24, 2.45) is 0 Å². The van der Waals surface area contributed by atoms with Crippen LogP contribution in [0.15, 0.2) is 48.5 Å². The number of benzene rings is 2. The summed E-state index contributed by atoms with van der Waals surface area (Å²) < 4.78 is 5.52. The highest BCUT2D eigenvalue weighted by molar-refractivity contribution is 6.32. The van der Waals surface area contributed by atoms with Crippen molar-refractivity contribution < 1.29 is 14.6 Å². The Labute approximate surface area is 133 Å². The Balaban J connectivity index is 1.63. The van der Waals surface area contributed by atoms with Crippen molar-refractivity contribution in [1.82, 2.24) is 5.32 Å². The quantitative estimate of drug-likeness (QED) is 0.562. The summed E-state index contributed by atoms with van der Waals surface area (Å²) >= 11 is 5.97. The van der Waals surface area contributed by atoms with Crippen molar-refractivity contribution in [3.8, 4) is 11.5 Å². The molecule has 2 rings (SSSR count). The third-order valence-electron chi connectivity index (χ3n) is 2.83. The van der Waals surface area contributed by atoms with Crippen LogP contribution < -0.4 is 15.4 Å². The summed E-state index contributed by atoms with van der Waals surface area (Å²) in [4.78, 5) is 11.6. The highest BCUT2D eigenvalue weighted by Crippen LogP contribution is 2.22. The van der Waals surface area contributed by atoms with Crippen LogP contribution in [0.25, 0.3) is 0 Å². The van der Waals surface area contributed by atoms with Crippen LogP contribution in [0.1, 0.15) is 6.42 Å². The number of hydrogen-bond donors (Lipinski definition) is 3. The van der Waals surface area contributed by atoms with Gasteiger partial charge in [-0.3, -0.25) is 0 Å². The van der Waals surface area contributed by atoms with Crippen molar-refractivity contribution in [3.05, 3.63) is 53.6 Å². The smallest absolute Gasteiger partial charge is 0.319 e. The minimum absolute atomic E-state index is 0.155. The molecule has 6 heteroatoms. The SMILES string of the molecule is O=C(NCCCOc1ccccc1Cl)Nc1ccc(O)cc1. The van der Waals surface area contributed by atoms with Crippen molar-refractivity contribution in [1.29, 1.82) is 0 Å². The molecule has 3 N–H and O–H groups in total. The number of nitrogens with one attached hydrogen (secondary N) is 2. The van der Waals surface area contributed by atoms with E-state index in [4.69, 9.17) is 21.4 Å². The number of carbonyl (C=O) groups is 1. The van der Waals surface area contributed by atoms with Crippen LogP contribution in [-0.4, -0.2) is 24.3 Å². The predicted octanol–water partition coefficient (Wildman–Crippen LogP) is 3.64. The molecule has 0 aliphatic heterocycles. The summed E-state index contributed by atoms with van der Waals surface area (Å²) in [6, 6.07) is 13.2. The van der Waals surface area contributed by atoms with Gasteiger partial charge >= 0.3 is 6.03 Å². The first kappa shape index (κ1) is 16.0. The number of ether oxygens (including phenoxy) is 1. The molecule has 0 heterocycles. The molecule has 0 spiro atoms. The van der Waals surface area contributed by atoms with Gasteiger partial charge in [-0.25, -0.2) is 4.79 Å². The average Bonchev–Trinajstić information content (AvgIpc) is 2.51. The van der Waals surface area contributed by atoms with E-state index in [9.17, 15) is 4.79 Å². The maximum Gasteiger partial charge on any atom is 0.319 e. The second-order valence-corrected chi connectivity index (χ2v) is 4.97. The van der Waals surface area contributed by atoms with Crippen LogP contribution in [-0.2, 0) is 0 Å². The number of phenols is 1. The number of halogens is 1. The third-order valence-corrected chi connectivity index (χ3v) is 3.14. The van der Waals surface area contributed by atoms with E-state index in [1.807, 2.05) is 12.1 Å². The van der Waals surface area contributed by atoms with Gasteiger partial charge in [0, 0.05) is 12.2 Å². The van der Waals surface area contributed by atoms with Gasteiger partial charge in [-0.05, 0) is 42.8 Å². The molecular formula is C16H17ClN2O3. The van der Waals surface area contributed by atoms with Gasteiger partial charge in [-0.15, -0.1) is 0 Å². The molecule has 0 radical (unpaired) electrons. The number of rotatable bonds is 6. The fourth-order valence-corrected chi connectivity index (χ4v) is 1.93. The fourth-order valence-electron chi connectivity index (χ4n) is 1.74. The zero-order valence-electron chi connectivity index (χ0n) is 11.9. The molecule has 2 aromatic rings. The normalized spacial score (nSPS) is 10.0. The lowest BCUT2D eigenvalue weighted by Gasteiger charge is -2.09. The lowest BCUT2D eigenvalue weighted by molar-refractivity contribution is 0.250. The van der Waals surface area contributed by atoms with Crippen LogP contribution in [0.3, 0.4) is 0 Å². The number of urea groups is 1. The van der Waals surface area contributed by atoms with Crippen molar-refractivity contribution >= 4 is 23.3 Å². The topological polar surface area (TPSA) is 70.6 Å². The molecule has 22 heavy (non-hydrogen) atoms. The number of hydrogen-bond acceptors (Lipinski definition) is 3. The van der Waals surface area contributed by atoms with Gasteiger partial charge in [-0.2, -0.15) is 0 Å². The fraction of sp³-hybridized carbons (Fsp3) is 0.188. The largest absolute Gasteiger partial charge is 0.508 e. The molecule has 0 aliphatic rings. The molecule has 0 fully saturated rings. The molecule has 0 atom stereocenters. The molecule has 0 saturated heterocycles. The van der Waals surface area contributed by atoms with E-state index in [0.29, 0.717) is 36.0 Å². The van der Waals surface area contributed by atoms with E-state index in [1.165, 1.54) is 12.1 Å². The summed E-state index contributed by atoms with van der Waals surface area (Å²) in [5.74, 6) is 0.792. The number of carbonyl (C=O) groups excluding carboxylic acids is 1. The first-order valence-electron chi connectivity index (χ1n) is 6.86. The monoisotopic (exact) mass is 320 g/mol. The summed E-state index contributed by atoms with van der Waals surface area (Å²) in [7, 11) is 0. The van der Waals surface area contributed by atoms with Crippen molar-refractivity contribution in [2.45, 2.75) is 6.42 Å². The Bertz CT molecular complexity index is 617. The Morgan fingerprint density at radius 2 is 1.86 bits per heavy atom. The Morgan fingerprint density at radius 1 is 1.14 bits per heavy atom. The number of aromatic hydroxyl groups is 1. The van der Waals surface area contributed by atoms with E-state index >= 15 is 0 Å². The summed E-state index contributed by atoms with van der Waals surface area (Å²) in [5.41, 5.74) is 0.614. The van der Waals surface area contributed by atoms with Gasteiger partial charge in [0.1, 0.15) is 11.5 Å². The number of amides is 2. The van der Waals surface area contributed by atoms with Gasteiger partial charge in [0.25, 0.3) is 0 Å². The zero-order chi connectivity index (χ0) is 15.8. The molecule has 2 amide bonds. The summed E-state index contributed by atoms with van der Waals surface area (Å²) in [6.07, 6.45) is 0.661. The Morgan fingerprint density at radius 3 is 2.59 bits per heavy atom. The van der Waals surface area contributed by atoms with Crippen LogP contribution in [0.5, 0.6) is 11.5 Å². The van der Waals surface area contributed by atoms with E-state index in [2.05, 4.69) is 10.6 Å². The summed E-state index contributed by atoms with van der Waals surface area (Å²) in [5, 5.41) is 15.1. The zero-order valence-corrected chi connectivity index (χ0v) is 12.6. The van der Waals surface area contributed by atoms with Crippen molar-refractivity contribution in [3.63, 3.8) is 0 Å². The number of phenolic OH excluding ortho intramolecular Hbond substituents is 1. The van der Waals surface area contributed by atoms with Gasteiger partial charge in [0.15, 0.2) is 0 Å². The van der Waals surface area contributed by atoms with Crippen LogP contribution >= 0.6 is 11.6 Å². The average molecular weight is 321 g/mol. The van der Waals surface area contributed by atoms with E-state index in [1.54, 1.807) is 24.3 Å². The summed E-state index contributed by atoms with van der Waals surface area (Å²) in [6.45, 7) is 0.942. The lowest BCUT2D eigenvalue weighted by Crippen LogP contribution is -2.30. The molecular weight excluding hydrogens is 304 g/mol. The predicted molar refractivity (Wildman–Crippen MR) is 86.7 cm³/mol. The van der Waals surface area contributed by atoms with Gasteiger partial charge in [0.2, 0.25) is 0 Å². The number of para-hydroxylation sites is 1. The molecule has 0 aromatic heterocycles. The first-order valence-corrected chi connectivity index (χ1v) is 7.24. The van der Waals surface area contributed by atoms with E-state index in [-0.39, 0.29) is 11.8 Å². The standard InChI is InChI=1S/C16H17ClN2O3/c17-14-4-1-2-5-15(14)22-11-3-10-18-16(21)19-12-6-8-13(20)9-7-12/h1-2,4-9,20H,3,10-11H2,(H2,18,19,21). The Kier molecular flexibility index (Phi) is 5.91. The minimum Gasteiger partial charge on any atom is -0.508 e. The molecule has 5 nitrogen and oxygen atoms in total. The first-order chi connectivity index (χ1) is 10.6. The van der Waals surface area contributed by atoms with Crippen molar-refractivity contribution in [2.75, 3.05) is 18.5 Å². The maximum atomic E-state index is 11.6. The van der Waals surface area contributed by atoms with Gasteiger partial charge < -0.3 is 20.5 Å². The lowest BCUT2D eigenvalue weighted by atomic mass is 10.3. The molecule has 0 unspecified atom stereocenters. The molecule has 0 bridgehead atoms. The second-order valence-electron chi connectivity index (χ2n) is 4.56. The van der Waals surface area contributed by atoms with Gasteiger partial charge in [-0.1, -0.05) is 23.7 Å². The molecule has 2 aromatic carbocycles. The van der Waals surface area contributed by atoms with Crippen LogP contribution in [0.2, 0.25) is 5.02 Å². The maximum absolute atomic E-state index is 11.6. The van der Waals surface area contributed by atoms with Crippen LogP contribution in [0.4, 0.5) is 10.5 Å². The van der Waals surface area contributed by atoms with Crippen LogP contribution in [0, 0.1) is 0 Å². The second kappa shape index (κ2) is 8.14. The molecule has 116 valence electrons. The van der Waals surface area contributed by atoms with E-state index in [0.717, 1.165) is 0 Å². The van der Waals surface area contributed by atoms with Gasteiger partial charge in [0.05, 0.1) is 11.6 Å². The minimum atomic E-state index is -0.302. The highest BCUT2D eigenvalue weighted by atomic mass is 35.5. The van der Waals surface area contributed by atoms with E-state index < -0.39 is 0 Å². The highest BCUT2D eigenvalue weighted by Gasteiger charge is 2.02.